The van der Waals surface area contributed by atoms with Crippen LogP contribution >= 0.6 is 11.3 Å². The maximum Gasteiger partial charge on any atom is 0.416 e. The number of phenols is 1. The van der Waals surface area contributed by atoms with E-state index in [1.807, 2.05) is 30.3 Å². The van der Waals surface area contributed by atoms with Gasteiger partial charge in [-0.05, 0) is 42.3 Å². The second-order valence-corrected chi connectivity index (χ2v) is 8.42. The van der Waals surface area contributed by atoms with Gasteiger partial charge in [0.1, 0.15) is 11.5 Å². The van der Waals surface area contributed by atoms with E-state index in [1.54, 1.807) is 23.6 Å². The zero-order chi connectivity index (χ0) is 24.8. The summed E-state index contributed by atoms with van der Waals surface area (Å²) in [4.78, 5) is 5.17. The van der Waals surface area contributed by atoms with Gasteiger partial charge in [0.25, 0.3) is 0 Å². The highest BCUT2D eigenvalue weighted by Gasteiger charge is 2.30. The molecule has 5 nitrogen and oxygen atoms in total. The van der Waals surface area contributed by atoms with Gasteiger partial charge in [0, 0.05) is 23.1 Å². The summed E-state index contributed by atoms with van der Waals surface area (Å²) in [6.45, 7) is 0.479. The van der Waals surface area contributed by atoms with Crippen LogP contribution in [0, 0.1) is 0 Å². The smallest absolute Gasteiger partial charge is 0.416 e. The summed E-state index contributed by atoms with van der Waals surface area (Å²) in [6, 6.07) is 19.7. The fourth-order valence-electron chi connectivity index (χ4n) is 3.38. The summed E-state index contributed by atoms with van der Waals surface area (Å²) in [5, 5.41) is 16.4. The molecule has 1 heterocycles. The van der Waals surface area contributed by atoms with Crippen molar-refractivity contribution in [2.45, 2.75) is 12.6 Å². The average Bonchev–Trinajstić information content (AvgIpc) is 3.26. The first kappa shape index (κ1) is 24.3. The van der Waals surface area contributed by atoms with Crippen LogP contribution in [0.1, 0.15) is 16.7 Å². The third kappa shape index (κ3) is 5.99. The number of benzene rings is 3. The van der Waals surface area contributed by atoms with Gasteiger partial charge in [-0.15, -0.1) is 11.3 Å². The third-order valence-corrected chi connectivity index (χ3v) is 6.06. The zero-order valence-electron chi connectivity index (χ0n) is 18.7. The first-order valence-corrected chi connectivity index (χ1v) is 11.6. The number of phenolic OH excluding ortho intramolecular Hbond substituents is 1. The van der Waals surface area contributed by atoms with Crippen molar-refractivity contribution in [2.75, 3.05) is 13.7 Å². The standard InChI is InChI=1S/C26H22F3N3O2S/c1-34-22-10-11-24(33)20(15-22)16-31-32-23(19-8-5-9-21(14-19)26(27,28)29)17-35-25(32)30-13-12-18-6-3-2-4-7-18/h2-11,14-17,33H,12-13H2,1H3/b30-25?,31-16+. The first-order valence-electron chi connectivity index (χ1n) is 10.7. The minimum Gasteiger partial charge on any atom is -0.507 e. The molecule has 0 fully saturated rings. The summed E-state index contributed by atoms with van der Waals surface area (Å²) in [5.74, 6) is 0.527. The molecule has 3 aromatic carbocycles. The average molecular weight is 498 g/mol. The monoisotopic (exact) mass is 497 g/mol. The number of alkyl halides is 3. The van der Waals surface area contributed by atoms with Crippen LogP contribution in [0.4, 0.5) is 13.2 Å². The van der Waals surface area contributed by atoms with Gasteiger partial charge in [-0.3, -0.25) is 4.99 Å². The van der Waals surface area contributed by atoms with Crippen LogP contribution in [0.2, 0.25) is 0 Å². The number of thiazole rings is 1. The van der Waals surface area contributed by atoms with E-state index >= 15 is 0 Å². The molecule has 0 bridgehead atoms. The molecule has 0 amide bonds. The Labute approximate surface area is 204 Å². The normalized spacial score (nSPS) is 12.4. The van der Waals surface area contributed by atoms with Gasteiger partial charge in [-0.1, -0.05) is 42.5 Å². The van der Waals surface area contributed by atoms with Crippen LogP contribution < -0.4 is 9.54 Å². The van der Waals surface area contributed by atoms with Gasteiger partial charge in [0.2, 0.25) is 4.80 Å². The van der Waals surface area contributed by atoms with Gasteiger partial charge in [-0.25, -0.2) is 4.68 Å². The van der Waals surface area contributed by atoms with Gasteiger partial charge in [0.05, 0.1) is 24.6 Å². The molecule has 0 unspecified atom stereocenters. The SMILES string of the molecule is COc1ccc(O)c(/C=N/n2c(-c3cccc(C(F)(F)F)c3)csc2=NCCc2ccccc2)c1. The molecule has 0 aliphatic rings. The van der Waals surface area contributed by atoms with Gasteiger partial charge in [0.15, 0.2) is 0 Å². The highest BCUT2D eigenvalue weighted by molar-refractivity contribution is 7.07. The van der Waals surface area contributed by atoms with Crippen molar-refractivity contribution in [3.05, 3.63) is 99.7 Å². The van der Waals surface area contributed by atoms with E-state index in [9.17, 15) is 18.3 Å². The van der Waals surface area contributed by atoms with Crippen LogP contribution in [-0.4, -0.2) is 29.7 Å². The number of nitrogens with zero attached hydrogens (tertiary/aromatic N) is 3. The Hall–Kier alpha value is -3.85. The van der Waals surface area contributed by atoms with Crippen LogP contribution in [0.25, 0.3) is 11.3 Å². The van der Waals surface area contributed by atoms with Crippen LogP contribution in [-0.2, 0) is 12.6 Å². The quantitative estimate of drug-likeness (QED) is 0.320. The molecular weight excluding hydrogens is 475 g/mol. The molecule has 0 saturated carbocycles. The summed E-state index contributed by atoms with van der Waals surface area (Å²) < 4.78 is 46.6. The van der Waals surface area contributed by atoms with Gasteiger partial charge < -0.3 is 9.84 Å². The molecule has 0 spiro atoms. The molecule has 4 rings (SSSR count). The molecule has 180 valence electrons. The van der Waals surface area contributed by atoms with Crippen molar-refractivity contribution in [3.8, 4) is 22.8 Å². The van der Waals surface area contributed by atoms with E-state index in [4.69, 9.17) is 4.74 Å². The second kappa shape index (κ2) is 10.6. The third-order valence-electron chi connectivity index (χ3n) is 5.21. The fraction of sp³-hybridized carbons (Fsp3) is 0.154. The van der Waals surface area contributed by atoms with Gasteiger partial charge in [-0.2, -0.15) is 18.3 Å². The largest absolute Gasteiger partial charge is 0.507 e. The summed E-state index contributed by atoms with van der Waals surface area (Å²) in [5.41, 5.74) is 1.59. The number of ether oxygens (including phenoxy) is 1. The van der Waals surface area contributed by atoms with Crippen LogP contribution in [0.3, 0.4) is 0 Å². The molecule has 0 aliphatic heterocycles. The number of rotatable bonds is 7. The Kier molecular flexibility index (Phi) is 7.36. The Bertz CT molecular complexity index is 1390. The molecular formula is C26H22F3N3O2S. The molecule has 4 aromatic rings. The Balaban J connectivity index is 1.75. The Morgan fingerprint density at radius 3 is 2.57 bits per heavy atom. The first-order chi connectivity index (χ1) is 16.8. The van der Waals surface area contributed by atoms with E-state index in [-0.39, 0.29) is 5.75 Å². The lowest BCUT2D eigenvalue weighted by Gasteiger charge is -2.09. The maximum atomic E-state index is 13.3. The molecule has 0 saturated heterocycles. The number of methoxy groups -OCH3 is 1. The Morgan fingerprint density at radius 1 is 1.03 bits per heavy atom. The zero-order valence-corrected chi connectivity index (χ0v) is 19.6. The van der Waals surface area contributed by atoms with E-state index in [0.29, 0.717) is 40.3 Å². The highest BCUT2D eigenvalue weighted by atomic mass is 32.1. The van der Waals surface area contributed by atoms with E-state index in [0.717, 1.165) is 17.7 Å². The predicted molar refractivity (Wildman–Crippen MR) is 131 cm³/mol. The highest BCUT2D eigenvalue weighted by Crippen LogP contribution is 2.32. The lowest BCUT2D eigenvalue weighted by Crippen LogP contribution is -2.13. The minimum absolute atomic E-state index is 0.00596. The van der Waals surface area contributed by atoms with E-state index in [2.05, 4.69) is 10.1 Å². The second-order valence-electron chi connectivity index (χ2n) is 7.58. The minimum atomic E-state index is -4.46. The molecule has 0 aliphatic carbocycles. The number of halogens is 3. The summed E-state index contributed by atoms with van der Waals surface area (Å²) in [6.07, 6.45) is -2.33. The molecule has 1 aromatic heterocycles. The van der Waals surface area contributed by atoms with Crippen molar-refractivity contribution in [2.24, 2.45) is 10.1 Å². The number of aromatic hydroxyl groups is 1. The fourth-order valence-corrected chi connectivity index (χ4v) is 4.24. The van der Waals surface area contributed by atoms with Crippen molar-refractivity contribution in [1.82, 2.24) is 4.68 Å². The lowest BCUT2D eigenvalue weighted by atomic mass is 10.1. The molecule has 0 atom stereocenters. The number of aromatic nitrogens is 1. The maximum absolute atomic E-state index is 13.3. The lowest BCUT2D eigenvalue weighted by molar-refractivity contribution is -0.137. The van der Waals surface area contributed by atoms with Crippen molar-refractivity contribution >= 4 is 17.6 Å². The van der Waals surface area contributed by atoms with Gasteiger partial charge >= 0.3 is 6.18 Å². The van der Waals surface area contributed by atoms with Crippen molar-refractivity contribution < 1.29 is 23.0 Å². The Morgan fingerprint density at radius 2 is 1.83 bits per heavy atom. The van der Waals surface area contributed by atoms with E-state index in [1.165, 1.54) is 41.5 Å². The predicted octanol–water partition coefficient (Wildman–Crippen LogP) is 5.98. The molecule has 9 heteroatoms. The number of hydrogen-bond acceptors (Lipinski definition) is 5. The van der Waals surface area contributed by atoms with Crippen molar-refractivity contribution in [1.29, 1.82) is 0 Å². The van der Waals surface area contributed by atoms with Crippen LogP contribution in [0.5, 0.6) is 11.5 Å². The summed E-state index contributed by atoms with van der Waals surface area (Å²) in [7, 11) is 1.51. The summed E-state index contributed by atoms with van der Waals surface area (Å²) >= 11 is 1.28. The molecule has 1 N–H and O–H groups in total. The topological polar surface area (TPSA) is 59.1 Å². The van der Waals surface area contributed by atoms with E-state index < -0.39 is 11.7 Å². The van der Waals surface area contributed by atoms with Crippen LogP contribution in [0.15, 0.2) is 88.3 Å². The molecule has 0 radical (unpaired) electrons. The van der Waals surface area contributed by atoms with Crippen molar-refractivity contribution in [3.63, 3.8) is 0 Å². The number of hydrogen-bond donors (Lipinski definition) is 1. The molecule has 35 heavy (non-hydrogen) atoms.